The van der Waals surface area contributed by atoms with E-state index in [4.69, 9.17) is 4.74 Å². The molecule has 5 nitrogen and oxygen atoms in total. The van der Waals surface area contributed by atoms with Gasteiger partial charge >= 0.3 is 5.97 Å². The lowest BCUT2D eigenvalue weighted by Crippen LogP contribution is -2.22. The van der Waals surface area contributed by atoms with E-state index >= 15 is 0 Å². The Morgan fingerprint density at radius 1 is 1.00 bits per heavy atom. The second-order valence-corrected chi connectivity index (χ2v) is 6.27. The molecule has 0 atom stereocenters. The summed E-state index contributed by atoms with van der Waals surface area (Å²) in [5.41, 5.74) is 2.12. The van der Waals surface area contributed by atoms with Crippen LogP contribution < -0.4 is 10.2 Å². The average molecular weight is 405 g/mol. The first-order valence-electron chi connectivity index (χ1n) is 8.11. The van der Waals surface area contributed by atoms with Crippen molar-refractivity contribution >= 4 is 39.2 Å². The van der Waals surface area contributed by atoms with E-state index in [1.54, 1.807) is 24.3 Å². The number of anilines is 2. The van der Waals surface area contributed by atoms with E-state index in [1.165, 1.54) is 0 Å². The molecule has 1 N–H and O–H groups in total. The molecule has 0 bridgehead atoms. The highest BCUT2D eigenvalue weighted by Gasteiger charge is 2.11. The normalized spacial score (nSPS) is 10.2. The van der Waals surface area contributed by atoms with Crippen LogP contribution in [0.5, 0.6) is 0 Å². The molecule has 2 aromatic rings. The van der Waals surface area contributed by atoms with Gasteiger partial charge in [0.1, 0.15) is 0 Å². The Morgan fingerprint density at radius 3 is 2.16 bits per heavy atom. The summed E-state index contributed by atoms with van der Waals surface area (Å²) in [5, 5.41) is 2.67. The summed E-state index contributed by atoms with van der Waals surface area (Å²) < 4.78 is 5.99. The number of carbonyl (C=O) groups is 2. The number of ether oxygens (including phenoxy) is 1. The third kappa shape index (κ3) is 5.60. The highest BCUT2D eigenvalue weighted by Crippen LogP contribution is 2.16. The van der Waals surface area contributed by atoms with E-state index in [2.05, 4.69) is 40.0 Å². The molecular formula is C19H21BrN2O3. The van der Waals surface area contributed by atoms with Crippen LogP contribution in [0.25, 0.3) is 0 Å². The van der Waals surface area contributed by atoms with Gasteiger partial charge in [0, 0.05) is 28.9 Å². The van der Waals surface area contributed by atoms with E-state index in [-0.39, 0.29) is 12.5 Å². The van der Waals surface area contributed by atoms with Gasteiger partial charge in [0.15, 0.2) is 6.61 Å². The molecule has 6 heteroatoms. The molecule has 0 aliphatic carbocycles. The largest absolute Gasteiger partial charge is 0.452 e. The van der Waals surface area contributed by atoms with Gasteiger partial charge in [-0.25, -0.2) is 4.79 Å². The maximum absolute atomic E-state index is 12.0. The Kier molecular flexibility index (Phi) is 7.01. The van der Waals surface area contributed by atoms with Gasteiger partial charge in [0.2, 0.25) is 0 Å². The van der Waals surface area contributed by atoms with Gasteiger partial charge in [0.25, 0.3) is 5.91 Å². The third-order valence-electron chi connectivity index (χ3n) is 3.69. The number of carbonyl (C=O) groups excluding carboxylic acids is 2. The molecule has 2 aromatic carbocycles. The smallest absolute Gasteiger partial charge is 0.338 e. The number of nitrogens with one attached hydrogen (secondary N) is 1. The summed E-state index contributed by atoms with van der Waals surface area (Å²) in [6.07, 6.45) is 0. The predicted molar refractivity (Wildman–Crippen MR) is 103 cm³/mol. The summed E-state index contributed by atoms with van der Waals surface area (Å²) in [6.45, 7) is 5.63. The molecule has 0 aliphatic heterocycles. The fourth-order valence-corrected chi connectivity index (χ4v) is 2.61. The van der Waals surface area contributed by atoms with Crippen molar-refractivity contribution in [3.05, 3.63) is 58.6 Å². The molecule has 0 spiro atoms. The van der Waals surface area contributed by atoms with Crippen LogP contribution >= 0.6 is 15.9 Å². The van der Waals surface area contributed by atoms with Crippen molar-refractivity contribution < 1.29 is 14.3 Å². The Hall–Kier alpha value is -2.34. The Bertz CT molecular complexity index is 710. The zero-order valence-electron chi connectivity index (χ0n) is 14.3. The summed E-state index contributed by atoms with van der Waals surface area (Å²) in [7, 11) is 0. The zero-order valence-corrected chi connectivity index (χ0v) is 15.9. The highest BCUT2D eigenvalue weighted by atomic mass is 79.9. The first kappa shape index (κ1) is 19.0. The van der Waals surface area contributed by atoms with Crippen LogP contribution in [0, 0.1) is 0 Å². The SMILES string of the molecule is CCN(CC)c1ccc(C(=O)OCC(=O)Nc2ccc(Br)cc2)cc1. The number of hydrogen-bond donors (Lipinski definition) is 1. The summed E-state index contributed by atoms with van der Waals surface area (Å²) in [5.74, 6) is -0.896. The third-order valence-corrected chi connectivity index (χ3v) is 4.22. The van der Waals surface area contributed by atoms with Crippen molar-refractivity contribution in [3.8, 4) is 0 Å². The molecule has 0 saturated carbocycles. The number of hydrogen-bond acceptors (Lipinski definition) is 4. The highest BCUT2D eigenvalue weighted by molar-refractivity contribution is 9.10. The quantitative estimate of drug-likeness (QED) is 0.705. The number of halogens is 1. The van der Waals surface area contributed by atoms with Crippen molar-refractivity contribution in [2.24, 2.45) is 0 Å². The second-order valence-electron chi connectivity index (χ2n) is 5.35. The monoisotopic (exact) mass is 404 g/mol. The molecule has 1 amide bonds. The lowest BCUT2D eigenvalue weighted by Gasteiger charge is -2.20. The van der Waals surface area contributed by atoms with Gasteiger partial charge in [-0.1, -0.05) is 15.9 Å². The van der Waals surface area contributed by atoms with Crippen molar-refractivity contribution in [1.29, 1.82) is 0 Å². The summed E-state index contributed by atoms with van der Waals surface area (Å²) >= 11 is 3.33. The topological polar surface area (TPSA) is 58.6 Å². The van der Waals surface area contributed by atoms with Crippen molar-refractivity contribution in [2.75, 3.05) is 29.9 Å². The average Bonchev–Trinajstić information content (AvgIpc) is 2.63. The minimum absolute atomic E-state index is 0.327. The Labute approximate surface area is 156 Å². The molecule has 0 unspecified atom stereocenters. The lowest BCUT2D eigenvalue weighted by atomic mass is 10.2. The predicted octanol–water partition coefficient (Wildman–Crippen LogP) is 4.09. The molecule has 0 aromatic heterocycles. The molecule has 132 valence electrons. The number of rotatable bonds is 7. The van der Waals surface area contributed by atoms with Gasteiger partial charge in [-0.2, -0.15) is 0 Å². The number of benzene rings is 2. The Morgan fingerprint density at radius 2 is 1.60 bits per heavy atom. The molecule has 0 aliphatic rings. The van der Waals surface area contributed by atoms with Gasteiger partial charge in [-0.15, -0.1) is 0 Å². The van der Waals surface area contributed by atoms with Gasteiger partial charge in [-0.05, 0) is 62.4 Å². The van der Waals surface area contributed by atoms with Crippen molar-refractivity contribution in [2.45, 2.75) is 13.8 Å². The van der Waals surface area contributed by atoms with Crippen molar-refractivity contribution in [1.82, 2.24) is 0 Å². The lowest BCUT2D eigenvalue weighted by molar-refractivity contribution is -0.119. The zero-order chi connectivity index (χ0) is 18.2. The number of esters is 1. The van der Waals surface area contributed by atoms with E-state index in [0.29, 0.717) is 11.3 Å². The van der Waals surface area contributed by atoms with Crippen molar-refractivity contribution in [3.63, 3.8) is 0 Å². The standard InChI is InChI=1S/C19H21BrN2O3/c1-3-22(4-2)17-11-5-14(6-12-17)19(24)25-13-18(23)21-16-9-7-15(20)8-10-16/h5-12H,3-4,13H2,1-2H3,(H,21,23). The van der Waals surface area contributed by atoms with Crippen LogP contribution in [0.2, 0.25) is 0 Å². The molecule has 0 fully saturated rings. The molecule has 0 heterocycles. The molecular weight excluding hydrogens is 384 g/mol. The van der Waals surface area contributed by atoms with E-state index < -0.39 is 5.97 Å². The maximum atomic E-state index is 12.0. The van der Waals surface area contributed by atoms with Crippen LogP contribution in [0.4, 0.5) is 11.4 Å². The molecule has 25 heavy (non-hydrogen) atoms. The van der Waals surface area contributed by atoms with E-state index in [1.807, 2.05) is 24.3 Å². The van der Waals surface area contributed by atoms with Crippen LogP contribution in [0.1, 0.15) is 24.2 Å². The molecule has 0 radical (unpaired) electrons. The van der Waals surface area contributed by atoms with E-state index in [0.717, 1.165) is 23.2 Å². The van der Waals surface area contributed by atoms with Gasteiger partial charge in [-0.3, -0.25) is 4.79 Å². The minimum Gasteiger partial charge on any atom is -0.452 e. The van der Waals surface area contributed by atoms with Crippen LogP contribution in [-0.2, 0) is 9.53 Å². The van der Waals surface area contributed by atoms with Gasteiger partial charge in [0.05, 0.1) is 5.56 Å². The second kappa shape index (κ2) is 9.22. The minimum atomic E-state index is -0.517. The summed E-state index contributed by atoms with van der Waals surface area (Å²) in [4.78, 5) is 26.1. The summed E-state index contributed by atoms with van der Waals surface area (Å²) in [6, 6.07) is 14.3. The fraction of sp³-hybridized carbons (Fsp3) is 0.263. The Balaban J connectivity index is 1.87. The first-order valence-corrected chi connectivity index (χ1v) is 8.90. The maximum Gasteiger partial charge on any atom is 0.338 e. The van der Waals surface area contributed by atoms with E-state index in [9.17, 15) is 9.59 Å². The van der Waals surface area contributed by atoms with Crippen LogP contribution in [0.3, 0.4) is 0 Å². The fourth-order valence-electron chi connectivity index (χ4n) is 2.34. The van der Waals surface area contributed by atoms with Gasteiger partial charge < -0.3 is 15.0 Å². The van der Waals surface area contributed by atoms with Crippen LogP contribution in [-0.4, -0.2) is 31.6 Å². The van der Waals surface area contributed by atoms with Crippen LogP contribution in [0.15, 0.2) is 53.0 Å². The molecule has 2 rings (SSSR count). The number of amides is 1. The first-order chi connectivity index (χ1) is 12.0. The molecule has 0 saturated heterocycles. The number of nitrogens with zero attached hydrogens (tertiary/aromatic N) is 1.